The fourth-order valence-electron chi connectivity index (χ4n) is 3.88. The van der Waals surface area contributed by atoms with E-state index in [2.05, 4.69) is 35.3 Å². The molecule has 0 aliphatic carbocycles. The molecular formula is C19H20N4O2. The minimum atomic E-state index is -0.0800. The molecule has 1 aromatic carbocycles. The lowest BCUT2D eigenvalue weighted by Gasteiger charge is -2.22. The Hall–Kier alpha value is -2.76. The van der Waals surface area contributed by atoms with E-state index in [9.17, 15) is 9.59 Å². The van der Waals surface area contributed by atoms with Crippen LogP contribution in [0.5, 0.6) is 0 Å². The first kappa shape index (κ1) is 15.7. The summed E-state index contributed by atoms with van der Waals surface area (Å²) >= 11 is 0. The number of aromatic nitrogens is 2. The molecule has 0 N–H and O–H groups in total. The van der Waals surface area contributed by atoms with Gasteiger partial charge in [0.05, 0.1) is 23.9 Å². The van der Waals surface area contributed by atoms with Gasteiger partial charge < -0.3 is 9.80 Å². The summed E-state index contributed by atoms with van der Waals surface area (Å²) in [6.45, 7) is 4.55. The van der Waals surface area contributed by atoms with E-state index in [0.717, 1.165) is 12.1 Å². The van der Waals surface area contributed by atoms with Crippen molar-refractivity contribution in [3.8, 4) is 0 Å². The lowest BCUT2D eigenvalue weighted by atomic mass is 10.0. The molecule has 1 aromatic heterocycles. The van der Waals surface area contributed by atoms with E-state index >= 15 is 0 Å². The molecule has 3 heterocycles. The first-order valence-corrected chi connectivity index (χ1v) is 8.52. The Morgan fingerprint density at radius 1 is 1.20 bits per heavy atom. The third-order valence-corrected chi connectivity index (χ3v) is 5.10. The fourth-order valence-corrected chi connectivity index (χ4v) is 3.88. The Bertz CT molecular complexity index is 808. The van der Waals surface area contributed by atoms with Crippen LogP contribution in [0, 0.1) is 18.8 Å². The lowest BCUT2D eigenvalue weighted by Crippen LogP contribution is -2.35. The third kappa shape index (κ3) is 2.99. The van der Waals surface area contributed by atoms with E-state index in [1.165, 1.54) is 18.0 Å². The van der Waals surface area contributed by atoms with Crippen LogP contribution in [0.2, 0.25) is 0 Å². The number of fused-ring (bicyclic) bond motifs is 1. The van der Waals surface area contributed by atoms with Crippen LogP contribution < -0.4 is 0 Å². The summed E-state index contributed by atoms with van der Waals surface area (Å²) in [5.74, 6) is 0.233. The van der Waals surface area contributed by atoms with E-state index in [-0.39, 0.29) is 23.7 Å². The molecule has 0 radical (unpaired) electrons. The maximum Gasteiger partial charge on any atom is 0.255 e. The van der Waals surface area contributed by atoms with Crippen LogP contribution in [0.25, 0.3) is 0 Å². The molecule has 4 rings (SSSR count). The van der Waals surface area contributed by atoms with E-state index in [0.29, 0.717) is 25.2 Å². The summed E-state index contributed by atoms with van der Waals surface area (Å²) in [4.78, 5) is 29.0. The van der Waals surface area contributed by atoms with Crippen LogP contribution in [-0.2, 0) is 11.3 Å². The number of carbonyl (C=O) groups is 2. The number of hydrogen-bond donors (Lipinski definition) is 0. The third-order valence-electron chi connectivity index (χ3n) is 5.10. The summed E-state index contributed by atoms with van der Waals surface area (Å²) < 4.78 is 0. The van der Waals surface area contributed by atoms with Gasteiger partial charge in [0.25, 0.3) is 5.91 Å². The molecular weight excluding hydrogens is 316 g/mol. The predicted molar refractivity (Wildman–Crippen MR) is 91.5 cm³/mol. The van der Waals surface area contributed by atoms with Gasteiger partial charge in [-0.15, -0.1) is 0 Å². The quantitative estimate of drug-likeness (QED) is 0.852. The Morgan fingerprint density at radius 3 is 2.80 bits per heavy atom. The van der Waals surface area contributed by atoms with Gasteiger partial charge in [0.15, 0.2) is 0 Å². The second kappa shape index (κ2) is 6.27. The van der Waals surface area contributed by atoms with Crippen molar-refractivity contribution in [3.63, 3.8) is 0 Å². The highest BCUT2D eigenvalue weighted by molar-refractivity contribution is 5.95. The molecule has 2 aliphatic heterocycles. The highest BCUT2D eigenvalue weighted by atomic mass is 16.2. The molecule has 25 heavy (non-hydrogen) atoms. The van der Waals surface area contributed by atoms with E-state index in [4.69, 9.17) is 0 Å². The largest absolute Gasteiger partial charge is 0.338 e. The second-order valence-corrected chi connectivity index (χ2v) is 6.92. The number of carbonyl (C=O) groups excluding carboxylic acids is 2. The van der Waals surface area contributed by atoms with Crippen LogP contribution in [0.1, 0.15) is 21.5 Å². The van der Waals surface area contributed by atoms with Crippen LogP contribution in [0.3, 0.4) is 0 Å². The lowest BCUT2D eigenvalue weighted by molar-refractivity contribution is -0.131. The van der Waals surface area contributed by atoms with Gasteiger partial charge in [-0.25, -0.2) is 0 Å². The summed E-state index contributed by atoms with van der Waals surface area (Å²) in [6, 6.07) is 9.92. The van der Waals surface area contributed by atoms with Gasteiger partial charge in [0, 0.05) is 32.1 Å². The van der Waals surface area contributed by atoms with Crippen LogP contribution in [0.4, 0.5) is 0 Å². The highest BCUT2D eigenvalue weighted by Crippen LogP contribution is 2.33. The van der Waals surface area contributed by atoms with Crippen molar-refractivity contribution in [3.05, 3.63) is 59.4 Å². The van der Waals surface area contributed by atoms with Gasteiger partial charge in [-0.1, -0.05) is 29.8 Å². The van der Waals surface area contributed by atoms with Crippen molar-refractivity contribution in [2.45, 2.75) is 13.5 Å². The van der Waals surface area contributed by atoms with Crippen molar-refractivity contribution >= 4 is 11.8 Å². The molecule has 0 saturated carbocycles. The molecule has 2 amide bonds. The normalized spacial score (nSPS) is 22.4. The number of amides is 2. The molecule has 128 valence electrons. The van der Waals surface area contributed by atoms with Gasteiger partial charge in [0.1, 0.15) is 0 Å². The molecule has 6 nitrogen and oxygen atoms in total. The number of rotatable bonds is 3. The van der Waals surface area contributed by atoms with Crippen molar-refractivity contribution in [1.82, 2.24) is 20.0 Å². The Labute approximate surface area is 146 Å². The predicted octanol–water partition coefficient (Wildman–Crippen LogP) is 1.52. The van der Waals surface area contributed by atoms with Crippen molar-refractivity contribution in [2.75, 3.05) is 19.6 Å². The summed E-state index contributed by atoms with van der Waals surface area (Å²) in [5, 5.41) is 7.46. The number of benzene rings is 1. The average Bonchev–Trinajstić information content (AvgIpc) is 3.15. The maximum atomic E-state index is 12.7. The monoisotopic (exact) mass is 336 g/mol. The maximum absolute atomic E-state index is 12.7. The molecule has 6 heteroatoms. The van der Waals surface area contributed by atoms with Gasteiger partial charge in [-0.2, -0.15) is 10.2 Å². The zero-order valence-corrected chi connectivity index (χ0v) is 14.1. The Morgan fingerprint density at radius 2 is 2.08 bits per heavy atom. The smallest absolute Gasteiger partial charge is 0.255 e. The van der Waals surface area contributed by atoms with E-state index < -0.39 is 0 Å². The van der Waals surface area contributed by atoms with Crippen molar-refractivity contribution in [2.24, 2.45) is 11.8 Å². The SMILES string of the molecule is Cc1cccc(CN2C[C@@H]3CN(C(=O)c4ccnnc4)C[C@H]3C2=O)c1. The van der Waals surface area contributed by atoms with Crippen LogP contribution in [-0.4, -0.2) is 51.4 Å². The molecule has 2 saturated heterocycles. The second-order valence-electron chi connectivity index (χ2n) is 6.92. The highest BCUT2D eigenvalue weighted by Gasteiger charge is 2.47. The van der Waals surface area contributed by atoms with Gasteiger partial charge in [0.2, 0.25) is 5.91 Å². The molecule has 2 fully saturated rings. The van der Waals surface area contributed by atoms with Gasteiger partial charge >= 0.3 is 0 Å². The Kier molecular flexibility index (Phi) is 3.95. The number of nitrogens with zero attached hydrogens (tertiary/aromatic N) is 4. The molecule has 0 unspecified atom stereocenters. The summed E-state index contributed by atoms with van der Waals surface area (Å²) in [5.41, 5.74) is 2.88. The first-order valence-electron chi connectivity index (χ1n) is 8.52. The zero-order chi connectivity index (χ0) is 17.4. The van der Waals surface area contributed by atoms with Crippen LogP contribution in [0.15, 0.2) is 42.7 Å². The zero-order valence-electron chi connectivity index (χ0n) is 14.1. The van der Waals surface area contributed by atoms with Crippen LogP contribution >= 0.6 is 0 Å². The number of likely N-dealkylation sites (tertiary alicyclic amines) is 2. The van der Waals surface area contributed by atoms with E-state index in [1.54, 1.807) is 11.0 Å². The van der Waals surface area contributed by atoms with Crippen molar-refractivity contribution < 1.29 is 9.59 Å². The van der Waals surface area contributed by atoms with E-state index in [1.807, 2.05) is 11.0 Å². The topological polar surface area (TPSA) is 66.4 Å². The van der Waals surface area contributed by atoms with Gasteiger partial charge in [-0.05, 0) is 18.6 Å². The van der Waals surface area contributed by atoms with Gasteiger partial charge in [-0.3, -0.25) is 9.59 Å². The standard InChI is InChI=1S/C19H20N4O2/c1-13-3-2-4-14(7-13)9-22-10-16-11-23(12-17(16)19(22)25)18(24)15-5-6-20-21-8-15/h2-8,16-17H,9-12H2,1H3/t16-,17-/m1/s1. The number of hydrogen-bond acceptors (Lipinski definition) is 4. The molecule has 2 atom stereocenters. The molecule has 2 aliphatic rings. The average molecular weight is 336 g/mol. The number of aryl methyl sites for hydroxylation is 1. The summed E-state index contributed by atoms with van der Waals surface area (Å²) in [6.07, 6.45) is 2.99. The Balaban J connectivity index is 1.42. The molecule has 0 bridgehead atoms. The summed E-state index contributed by atoms with van der Waals surface area (Å²) in [7, 11) is 0. The molecule has 0 spiro atoms. The minimum Gasteiger partial charge on any atom is -0.338 e. The fraction of sp³-hybridized carbons (Fsp3) is 0.368. The first-order chi connectivity index (χ1) is 12.1. The van der Waals surface area contributed by atoms with Crippen molar-refractivity contribution in [1.29, 1.82) is 0 Å². The molecule has 2 aromatic rings. The minimum absolute atomic E-state index is 0.0673.